The Labute approximate surface area is 165 Å². The van der Waals surface area contributed by atoms with E-state index in [2.05, 4.69) is 32.3 Å². The molecule has 1 unspecified atom stereocenters. The Balaban J connectivity index is 1.43. The second kappa shape index (κ2) is 9.36. The van der Waals surface area contributed by atoms with Gasteiger partial charge in [-0.25, -0.2) is 0 Å². The van der Waals surface area contributed by atoms with Gasteiger partial charge in [-0.1, -0.05) is 33.3 Å². The van der Waals surface area contributed by atoms with Crippen LogP contribution >= 0.6 is 0 Å². The summed E-state index contributed by atoms with van der Waals surface area (Å²) in [7, 11) is 0. The number of ether oxygens (including phenoxy) is 4. The normalized spacial score (nSPS) is 32.6. The van der Waals surface area contributed by atoms with Crippen LogP contribution in [0.25, 0.3) is 0 Å². The molecule has 0 aromatic heterocycles. The molecule has 0 aromatic rings. The third kappa shape index (κ3) is 5.54. The van der Waals surface area contributed by atoms with Gasteiger partial charge in [0.2, 0.25) is 0 Å². The van der Waals surface area contributed by atoms with E-state index in [0.717, 1.165) is 51.4 Å². The van der Waals surface area contributed by atoms with Crippen LogP contribution in [0.2, 0.25) is 0 Å². The molecule has 1 atom stereocenters. The van der Waals surface area contributed by atoms with Gasteiger partial charge < -0.3 is 18.9 Å². The highest BCUT2D eigenvalue weighted by Gasteiger charge is 2.46. The van der Waals surface area contributed by atoms with Gasteiger partial charge in [0.15, 0.2) is 12.1 Å². The van der Waals surface area contributed by atoms with Gasteiger partial charge in [0.1, 0.15) is 0 Å². The fourth-order valence-electron chi connectivity index (χ4n) is 4.64. The summed E-state index contributed by atoms with van der Waals surface area (Å²) >= 11 is 0. The average molecular weight is 382 g/mol. The average Bonchev–Trinajstić information content (AvgIpc) is 3.31. The third-order valence-electron chi connectivity index (χ3n) is 6.93. The van der Waals surface area contributed by atoms with Gasteiger partial charge in [0.05, 0.1) is 25.9 Å². The van der Waals surface area contributed by atoms with E-state index >= 15 is 0 Å². The molecule has 5 heteroatoms. The van der Waals surface area contributed by atoms with Crippen molar-refractivity contribution in [3.63, 3.8) is 0 Å². The van der Waals surface area contributed by atoms with Crippen molar-refractivity contribution in [1.29, 1.82) is 0 Å². The van der Waals surface area contributed by atoms with E-state index in [-0.39, 0.29) is 18.2 Å². The lowest BCUT2D eigenvalue weighted by atomic mass is 9.68. The molecule has 1 aliphatic carbocycles. The standard InChI is InChI=1S/C22H39NO4/c1-5-12-23(16-20-24-14-15-25-20)13-9-19-17-26-22(27-19)10-7-18(8-11-22)21(3,4)6-2/h5,18-20H,1,6-17H2,2-4H3. The van der Waals surface area contributed by atoms with E-state index in [0.29, 0.717) is 18.6 Å². The minimum atomic E-state index is -0.314. The van der Waals surface area contributed by atoms with Gasteiger partial charge in [0, 0.05) is 32.5 Å². The van der Waals surface area contributed by atoms with Crippen LogP contribution in [0, 0.1) is 11.3 Å². The molecule has 0 radical (unpaired) electrons. The second-order valence-electron chi connectivity index (χ2n) is 9.09. The molecule has 3 aliphatic rings. The molecule has 5 nitrogen and oxygen atoms in total. The predicted octanol–water partition coefficient (Wildman–Crippen LogP) is 3.98. The molecule has 3 fully saturated rings. The quantitative estimate of drug-likeness (QED) is 0.565. The first-order chi connectivity index (χ1) is 13.0. The smallest absolute Gasteiger partial charge is 0.170 e. The van der Waals surface area contributed by atoms with Crippen LogP contribution in [0.1, 0.15) is 59.3 Å². The Bertz CT molecular complexity index is 467. The van der Waals surface area contributed by atoms with Crippen molar-refractivity contribution in [2.24, 2.45) is 11.3 Å². The first-order valence-electron chi connectivity index (χ1n) is 10.8. The molecule has 1 spiro atoms. The molecule has 2 aliphatic heterocycles. The van der Waals surface area contributed by atoms with Crippen molar-refractivity contribution in [3.8, 4) is 0 Å². The molecule has 1 saturated carbocycles. The Hall–Kier alpha value is -0.460. The van der Waals surface area contributed by atoms with Gasteiger partial charge >= 0.3 is 0 Å². The monoisotopic (exact) mass is 381 g/mol. The lowest BCUT2D eigenvalue weighted by Gasteiger charge is -2.42. The molecule has 156 valence electrons. The minimum Gasteiger partial charge on any atom is -0.349 e. The molecule has 27 heavy (non-hydrogen) atoms. The van der Waals surface area contributed by atoms with Crippen LogP contribution < -0.4 is 0 Å². The SMILES string of the molecule is C=CCN(CCC1COC2(CCC(C(C)(C)CC)CC2)O1)CC1OCCO1. The molecular formula is C22H39NO4. The van der Waals surface area contributed by atoms with Crippen LogP contribution in [0.4, 0.5) is 0 Å². The Morgan fingerprint density at radius 3 is 2.52 bits per heavy atom. The highest BCUT2D eigenvalue weighted by Crippen LogP contribution is 2.47. The van der Waals surface area contributed by atoms with Crippen LogP contribution in [-0.2, 0) is 18.9 Å². The van der Waals surface area contributed by atoms with Crippen molar-refractivity contribution >= 4 is 0 Å². The van der Waals surface area contributed by atoms with Crippen LogP contribution in [0.3, 0.4) is 0 Å². The van der Waals surface area contributed by atoms with Crippen LogP contribution in [0.15, 0.2) is 12.7 Å². The lowest BCUT2D eigenvalue weighted by molar-refractivity contribution is -0.197. The molecule has 2 saturated heterocycles. The second-order valence-corrected chi connectivity index (χ2v) is 9.09. The first-order valence-corrected chi connectivity index (χ1v) is 10.8. The fraction of sp³-hybridized carbons (Fsp3) is 0.909. The summed E-state index contributed by atoms with van der Waals surface area (Å²) in [6, 6.07) is 0. The maximum absolute atomic E-state index is 6.45. The van der Waals surface area contributed by atoms with E-state index in [1.54, 1.807) is 0 Å². The van der Waals surface area contributed by atoms with Crippen molar-refractivity contribution in [1.82, 2.24) is 4.90 Å². The fourth-order valence-corrected chi connectivity index (χ4v) is 4.64. The Morgan fingerprint density at radius 2 is 1.89 bits per heavy atom. The maximum atomic E-state index is 6.45. The first kappa shape index (κ1) is 21.3. The van der Waals surface area contributed by atoms with Gasteiger partial charge in [-0.15, -0.1) is 6.58 Å². The molecule has 0 amide bonds. The number of hydrogen-bond donors (Lipinski definition) is 0. The summed E-state index contributed by atoms with van der Waals surface area (Å²) in [5, 5.41) is 0. The summed E-state index contributed by atoms with van der Waals surface area (Å²) in [4.78, 5) is 2.33. The highest BCUT2D eigenvalue weighted by atomic mass is 16.7. The van der Waals surface area contributed by atoms with Crippen molar-refractivity contribution in [2.45, 2.75) is 77.5 Å². The van der Waals surface area contributed by atoms with Crippen LogP contribution in [-0.4, -0.2) is 62.5 Å². The van der Waals surface area contributed by atoms with Crippen molar-refractivity contribution < 1.29 is 18.9 Å². The number of hydrogen-bond acceptors (Lipinski definition) is 5. The topological polar surface area (TPSA) is 40.2 Å². The van der Waals surface area contributed by atoms with E-state index in [1.807, 2.05) is 6.08 Å². The Morgan fingerprint density at radius 1 is 1.19 bits per heavy atom. The summed E-state index contributed by atoms with van der Waals surface area (Å²) in [6.07, 6.45) is 8.76. The molecule has 2 heterocycles. The number of nitrogens with zero attached hydrogens (tertiary/aromatic N) is 1. The van der Waals surface area contributed by atoms with Gasteiger partial charge in [-0.05, 0) is 30.6 Å². The molecule has 0 aromatic carbocycles. The zero-order valence-electron chi connectivity index (χ0n) is 17.6. The van der Waals surface area contributed by atoms with E-state index in [4.69, 9.17) is 18.9 Å². The number of rotatable bonds is 9. The van der Waals surface area contributed by atoms with Gasteiger partial charge in [0.25, 0.3) is 0 Å². The largest absolute Gasteiger partial charge is 0.349 e. The summed E-state index contributed by atoms with van der Waals surface area (Å²) in [5.41, 5.74) is 0.426. The third-order valence-corrected chi connectivity index (χ3v) is 6.93. The van der Waals surface area contributed by atoms with E-state index < -0.39 is 0 Å². The Kier molecular flexibility index (Phi) is 7.37. The van der Waals surface area contributed by atoms with Gasteiger partial charge in [-0.2, -0.15) is 0 Å². The predicted molar refractivity (Wildman–Crippen MR) is 107 cm³/mol. The van der Waals surface area contributed by atoms with E-state index in [9.17, 15) is 0 Å². The van der Waals surface area contributed by atoms with Crippen molar-refractivity contribution in [3.05, 3.63) is 12.7 Å². The van der Waals surface area contributed by atoms with Gasteiger partial charge in [-0.3, -0.25) is 4.90 Å². The summed E-state index contributed by atoms with van der Waals surface area (Å²) in [6.45, 7) is 15.7. The van der Waals surface area contributed by atoms with Crippen molar-refractivity contribution in [2.75, 3.05) is 39.5 Å². The van der Waals surface area contributed by atoms with Crippen LogP contribution in [0.5, 0.6) is 0 Å². The van der Waals surface area contributed by atoms with E-state index in [1.165, 1.54) is 19.3 Å². The molecule has 0 bridgehead atoms. The summed E-state index contributed by atoms with van der Waals surface area (Å²) < 4.78 is 23.8. The summed E-state index contributed by atoms with van der Waals surface area (Å²) in [5.74, 6) is 0.472. The lowest BCUT2D eigenvalue weighted by Crippen LogP contribution is -2.40. The maximum Gasteiger partial charge on any atom is 0.170 e. The zero-order valence-corrected chi connectivity index (χ0v) is 17.6. The molecule has 3 rings (SSSR count). The molecule has 0 N–H and O–H groups in total. The minimum absolute atomic E-state index is 0.103. The highest BCUT2D eigenvalue weighted by molar-refractivity contribution is 4.90. The zero-order chi connectivity index (χ0) is 19.3. The molecular weight excluding hydrogens is 342 g/mol.